The van der Waals surface area contributed by atoms with E-state index >= 15 is 0 Å². The predicted octanol–water partition coefficient (Wildman–Crippen LogP) is 3.91. The van der Waals surface area contributed by atoms with Crippen LogP contribution in [-0.4, -0.2) is 28.7 Å². The minimum absolute atomic E-state index is 0.0711. The monoisotopic (exact) mass is 368 g/mol. The zero-order chi connectivity index (χ0) is 17.9. The first-order valence-corrected chi connectivity index (χ1v) is 10.00. The van der Waals surface area contributed by atoms with E-state index in [-0.39, 0.29) is 5.75 Å². The quantitative estimate of drug-likeness (QED) is 0.666. The van der Waals surface area contributed by atoms with Crippen LogP contribution in [0.25, 0.3) is 22.6 Å². The van der Waals surface area contributed by atoms with Gasteiger partial charge in [-0.3, -0.25) is 9.97 Å². The molecule has 2 N–H and O–H groups in total. The van der Waals surface area contributed by atoms with Crippen molar-refractivity contribution >= 4 is 11.1 Å². The smallest absolute Gasteiger partial charge is 0.157 e. The molecule has 0 saturated heterocycles. The molecule has 4 rings (SSSR count). The molecule has 1 aliphatic carbocycles. The maximum Gasteiger partial charge on any atom is 0.157 e. The Morgan fingerprint density at radius 2 is 1.96 bits per heavy atom. The third-order valence-corrected chi connectivity index (χ3v) is 5.39. The van der Waals surface area contributed by atoms with Gasteiger partial charge in [0.15, 0.2) is 16.9 Å². The van der Waals surface area contributed by atoms with Crippen molar-refractivity contribution in [1.82, 2.24) is 19.9 Å². The highest BCUT2D eigenvalue weighted by Gasteiger charge is 2.19. The highest BCUT2D eigenvalue weighted by atomic mass is 32.2. The van der Waals surface area contributed by atoms with E-state index in [1.165, 1.54) is 31.4 Å². The van der Waals surface area contributed by atoms with Crippen molar-refractivity contribution in [2.24, 2.45) is 0 Å². The Morgan fingerprint density at radius 3 is 2.77 bits per heavy atom. The Balaban J connectivity index is 1.62. The maximum absolute atomic E-state index is 11.0. The maximum atomic E-state index is 11.0. The fraction of sp³-hybridized carbons (Fsp3) is 0.316. The molecule has 134 valence electrons. The van der Waals surface area contributed by atoms with Gasteiger partial charge in [0.2, 0.25) is 0 Å². The Labute approximate surface area is 154 Å². The van der Waals surface area contributed by atoms with Crippen molar-refractivity contribution in [3.63, 3.8) is 0 Å². The molecule has 1 atom stereocenters. The van der Waals surface area contributed by atoms with E-state index in [0.717, 1.165) is 28.2 Å². The van der Waals surface area contributed by atoms with Gasteiger partial charge in [-0.05, 0) is 42.2 Å². The molecule has 7 heteroatoms. The molecular formula is C19H20N4O2S. The van der Waals surface area contributed by atoms with Gasteiger partial charge in [-0.2, -0.15) is 0 Å². The standard InChI is InChI=1S/C19H20N4O2S/c24-26(25)12-13-7-16(10-20-9-13)15-5-6-21-17(8-15)19-22-11-18(23-19)14-3-1-2-4-14/h5-11,14H,1-4,12H2,(H,22,23)(H,24,25). The molecule has 0 bridgehead atoms. The topological polar surface area (TPSA) is 91.8 Å². The summed E-state index contributed by atoms with van der Waals surface area (Å²) in [6.07, 6.45) is 12.1. The van der Waals surface area contributed by atoms with Crippen LogP contribution in [0.15, 0.2) is 43.0 Å². The molecule has 3 aromatic heterocycles. The minimum atomic E-state index is -1.88. The molecule has 6 nitrogen and oxygen atoms in total. The lowest BCUT2D eigenvalue weighted by atomic mass is 10.1. The lowest BCUT2D eigenvalue weighted by Gasteiger charge is -2.06. The van der Waals surface area contributed by atoms with E-state index < -0.39 is 11.1 Å². The Kier molecular flexibility index (Phi) is 4.90. The number of rotatable bonds is 5. The van der Waals surface area contributed by atoms with E-state index in [4.69, 9.17) is 4.55 Å². The molecule has 1 fully saturated rings. The Morgan fingerprint density at radius 1 is 1.12 bits per heavy atom. The molecule has 0 spiro atoms. The average Bonchev–Trinajstić information content (AvgIpc) is 3.33. The third-order valence-electron chi connectivity index (χ3n) is 4.81. The Bertz CT molecular complexity index is 935. The summed E-state index contributed by atoms with van der Waals surface area (Å²) in [6, 6.07) is 5.75. The van der Waals surface area contributed by atoms with Gasteiger partial charge in [0.1, 0.15) is 5.69 Å². The second-order valence-electron chi connectivity index (χ2n) is 6.65. The third kappa shape index (κ3) is 3.73. The fourth-order valence-electron chi connectivity index (χ4n) is 3.52. The average molecular weight is 368 g/mol. The number of pyridine rings is 2. The first kappa shape index (κ1) is 17.1. The van der Waals surface area contributed by atoms with Crippen LogP contribution in [-0.2, 0) is 16.8 Å². The predicted molar refractivity (Wildman–Crippen MR) is 101 cm³/mol. The summed E-state index contributed by atoms with van der Waals surface area (Å²) in [4.78, 5) is 16.6. The van der Waals surface area contributed by atoms with Crippen molar-refractivity contribution in [1.29, 1.82) is 0 Å². The van der Waals surface area contributed by atoms with Crippen LogP contribution in [0.2, 0.25) is 0 Å². The van der Waals surface area contributed by atoms with Gasteiger partial charge in [0, 0.05) is 42.0 Å². The molecule has 26 heavy (non-hydrogen) atoms. The van der Waals surface area contributed by atoms with Crippen molar-refractivity contribution in [2.75, 3.05) is 0 Å². The number of aromatic nitrogens is 4. The van der Waals surface area contributed by atoms with E-state index in [9.17, 15) is 4.21 Å². The summed E-state index contributed by atoms with van der Waals surface area (Å²) in [5.74, 6) is 1.43. The molecule has 3 heterocycles. The van der Waals surface area contributed by atoms with Gasteiger partial charge in [-0.25, -0.2) is 9.19 Å². The van der Waals surface area contributed by atoms with Crippen molar-refractivity contribution in [3.8, 4) is 22.6 Å². The highest BCUT2D eigenvalue weighted by molar-refractivity contribution is 7.78. The van der Waals surface area contributed by atoms with Gasteiger partial charge < -0.3 is 9.54 Å². The van der Waals surface area contributed by atoms with Crippen LogP contribution >= 0.6 is 0 Å². The Hall–Kier alpha value is -2.38. The molecule has 1 aliphatic rings. The lowest BCUT2D eigenvalue weighted by molar-refractivity contribution is 0.563. The van der Waals surface area contributed by atoms with Crippen molar-refractivity contribution in [2.45, 2.75) is 37.4 Å². The van der Waals surface area contributed by atoms with Crippen LogP contribution in [0.4, 0.5) is 0 Å². The SMILES string of the molecule is O=S(O)Cc1cncc(-c2ccnc(-c3ncc(C4CCCC4)[nH]3)c2)c1. The second kappa shape index (κ2) is 7.47. The van der Waals surface area contributed by atoms with Crippen LogP contribution in [0, 0.1) is 0 Å². The van der Waals surface area contributed by atoms with Gasteiger partial charge in [-0.15, -0.1) is 0 Å². The number of hydrogen-bond acceptors (Lipinski definition) is 4. The number of nitrogens with one attached hydrogen (secondary N) is 1. The molecule has 0 aliphatic heterocycles. The molecular weight excluding hydrogens is 348 g/mol. The van der Waals surface area contributed by atoms with Crippen molar-refractivity contribution in [3.05, 3.63) is 54.2 Å². The fourth-order valence-corrected chi connectivity index (χ4v) is 3.96. The van der Waals surface area contributed by atoms with Gasteiger partial charge in [0.05, 0.1) is 5.75 Å². The number of hydrogen-bond donors (Lipinski definition) is 2. The number of aromatic amines is 1. The normalized spacial score (nSPS) is 16.0. The number of nitrogens with zero attached hydrogens (tertiary/aromatic N) is 3. The van der Waals surface area contributed by atoms with Gasteiger partial charge in [0.25, 0.3) is 0 Å². The molecule has 0 radical (unpaired) electrons. The molecule has 0 amide bonds. The largest absolute Gasteiger partial charge is 0.340 e. The summed E-state index contributed by atoms with van der Waals surface area (Å²) in [7, 11) is 0. The van der Waals surface area contributed by atoms with E-state index in [0.29, 0.717) is 5.92 Å². The zero-order valence-corrected chi connectivity index (χ0v) is 15.1. The van der Waals surface area contributed by atoms with Crippen molar-refractivity contribution < 1.29 is 8.76 Å². The summed E-state index contributed by atoms with van der Waals surface area (Å²) < 4.78 is 20.1. The number of imidazole rings is 1. The summed E-state index contributed by atoms with van der Waals surface area (Å²) in [5.41, 5.74) is 4.54. The van der Waals surface area contributed by atoms with E-state index in [1.807, 2.05) is 24.4 Å². The van der Waals surface area contributed by atoms with E-state index in [2.05, 4.69) is 19.9 Å². The summed E-state index contributed by atoms with van der Waals surface area (Å²) in [6.45, 7) is 0. The highest BCUT2D eigenvalue weighted by Crippen LogP contribution is 2.34. The first-order valence-electron chi connectivity index (χ1n) is 8.72. The lowest BCUT2D eigenvalue weighted by Crippen LogP contribution is -1.95. The van der Waals surface area contributed by atoms with Crippen LogP contribution in [0.1, 0.15) is 42.9 Å². The first-order chi connectivity index (χ1) is 12.7. The minimum Gasteiger partial charge on any atom is -0.340 e. The molecule has 3 aromatic rings. The summed E-state index contributed by atoms with van der Waals surface area (Å²) in [5, 5.41) is 0. The summed E-state index contributed by atoms with van der Waals surface area (Å²) >= 11 is -1.88. The van der Waals surface area contributed by atoms with Gasteiger partial charge in [-0.1, -0.05) is 12.8 Å². The van der Waals surface area contributed by atoms with Gasteiger partial charge >= 0.3 is 0 Å². The van der Waals surface area contributed by atoms with Crippen LogP contribution in [0.5, 0.6) is 0 Å². The second-order valence-corrected chi connectivity index (χ2v) is 7.58. The molecule has 1 unspecified atom stereocenters. The number of H-pyrrole nitrogens is 1. The van der Waals surface area contributed by atoms with Crippen LogP contribution in [0.3, 0.4) is 0 Å². The molecule has 0 aromatic carbocycles. The van der Waals surface area contributed by atoms with Crippen LogP contribution < -0.4 is 0 Å². The molecule has 1 saturated carbocycles. The van der Waals surface area contributed by atoms with E-state index in [1.54, 1.807) is 18.6 Å². The zero-order valence-electron chi connectivity index (χ0n) is 14.3.